The first-order chi connectivity index (χ1) is 18.2. The number of hydrogen-bond acceptors (Lipinski definition) is 5. The SMILES string of the molecule is CNC(=O)c1ccc(-n2c(NCC3CC3C)nc3c(c2=O)C[C@@H](C)N(C(=O)c2ccc(Cl)c(Cl)c2)C3)cc1. The Balaban J connectivity index is 1.52. The van der Waals surface area contributed by atoms with E-state index in [0.29, 0.717) is 68.9 Å². The molecular weight excluding hydrogens is 525 g/mol. The van der Waals surface area contributed by atoms with Crippen molar-refractivity contribution >= 4 is 41.0 Å². The second kappa shape index (κ2) is 10.4. The number of rotatable bonds is 6. The Bertz CT molecular complexity index is 1470. The van der Waals surface area contributed by atoms with E-state index in [-0.39, 0.29) is 30.0 Å². The van der Waals surface area contributed by atoms with Crippen LogP contribution in [0.25, 0.3) is 5.69 Å². The van der Waals surface area contributed by atoms with E-state index in [4.69, 9.17) is 28.2 Å². The minimum absolute atomic E-state index is 0.178. The van der Waals surface area contributed by atoms with E-state index in [0.717, 1.165) is 6.42 Å². The summed E-state index contributed by atoms with van der Waals surface area (Å²) in [5, 5.41) is 6.68. The summed E-state index contributed by atoms with van der Waals surface area (Å²) in [6, 6.07) is 11.5. The third kappa shape index (κ3) is 5.02. The van der Waals surface area contributed by atoms with Crippen molar-refractivity contribution < 1.29 is 9.59 Å². The number of nitrogens with one attached hydrogen (secondary N) is 2. The average Bonchev–Trinajstić information content (AvgIpc) is 3.63. The van der Waals surface area contributed by atoms with E-state index in [1.165, 1.54) is 0 Å². The van der Waals surface area contributed by atoms with Crippen LogP contribution >= 0.6 is 23.2 Å². The fraction of sp³-hybridized carbons (Fsp3) is 0.357. The van der Waals surface area contributed by atoms with E-state index < -0.39 is 0 Å². The fourth-order valence-electron chi connectivity index (χ4n) is 4.90. The van der Waals surface area contributed by atoms with Crippen molar-refractivity contribution in [3.8, 4) is 5.69 Å². The molecular formula is C28H29Cl2N5O3. The van der Waals surface area contributed by atoms with Gasteiger partial charge in [-0.05, 0) is 74.1 Å². The molecule has 1 aliphatic heterocycles. The highest BCUT2D eigenvalue weighted by Gasteiger charge is 2.34. The number of amides is 2. The summed E-state index contributed by atoms with van der Waals surface area (Å²) in [4.78, 5) is 45.9. The summed E-state index contributed by atoms with van der Waals surface area (Å²) >= 11 is 12.2. The van der Waals surface area contributed by atoms with E-state index >= 15 is 0 Å². The van der Waals surface area contributed by atoms with Crippen molar-refractivity contribution in [2.24, 2.45) is 11.8 Å². The molecule has 0 radical (unpaired) electrons. The smallest absolute Gasteiger partial charge is 0.263 e. The van der Waals surface area contributed by atoms with Gasteiger partial charge < -0.3 is 15.5 Å². The van der Waals surface area contributed by atoms with Crippen molar-refractivity contribution in [3.63, 3.8) is 0 Å². The quantitative estimate of drug-likeness (QED) is 0.466. The van der Waals surface area contributed by atoms with E-state index in [1.807, 2.05) is 6.92 Å². The van der Waals surface area contributed by atoms with Crippen molar-refractivity contribution in [2.45, 2.75) is 39.3 Å². The molecule has 0 saturated heterocycles. The normalized spacial score (nSPS) is 20.0. The van der Waals surface area contributed by atoms with Crippen LogP contribution in [-0.2, 0) is 13.0 Å². The monoisotopic (exact) mass is 553 g/mol. The molecule has 2 aliphatic rings. The van der Waals surface area contributed by atoms with Crippen LogP contribution in [0.1, 0.15) is 52.2 Å². The minimum Gasteiger partial charge on any atom is -0.355 e. The maximum Gasteiger partial charge on any atom is 0.263 e. The molecule has 2 N–H and O–H groups in total. The molecule has 1 fully saturated rings. The predicted molar refractivity (Wildman–Crippen MR) is 148 cm³/mol. The third-order valence-electron chi connectivity index (χ3n) is 7.45. The van der Waals surface area contributed by atoms with Gasteiger partial charge in [0.2, 0.25) is 5.95 Å². The third-order valence-corrected chi connectivity index (χ3v) is 8.19. The Morgan fingerprint density at radius 1 is 1.05 bits per heavy atom. The lowest BCUT2D eigenvalue weighted by atomic mass is 9.98. The van der Waals surface area contributed by atoms with Gasteiger partial charge in [-0.1, -0.05) is 30.1 Å². The lowest BCUT2D eigenvalue weighted by Gasteiger charge is -2.34. The first kappa shape index (κ1) is 26.3. The van der Waals surface area contributed by atoms with Crippen molar-refractivity contribution in [1.29, 1.82) is 0 Å². The maximum atomic E-state index is 13.9. The van der Waals surface area contributed by atoms with Gasteiger partial charge in [0.15, 0.2) is 0 Å². The second-order valence-electron chi connectivity index (χ2n) is 10.1. The highest BCUT2D eigenvalue weighted by Crippen LogP contribution is 2.37. The zero-order valence-corrected chi connectivity index (χ0v) is 22.9. The van der Waals surface area contributed by atoms with Crippen molar-refractivity contribution in [1.82, 2.24) is 19.8 Å². The highest BCUT2D eigenvalue weighted by molar-refractivity contribution is 6.42. The summed E-state index contributed by atoms with van der Waals surface area (Å²) in [6.45, 7) is 5.02. The summed E-state index contributed by atoms with van der Waals surface area (Å²) in [7, 11) is 1.58. The summed E-state index contributed by atoms with van der Waals surface area (Å²) in [5.41, 5.74) is 2.53. The zero-order chi connectivity index (χ0) is 27.1. The van der Waals surface area contributed by atoms with Gasteiger partial charge in [0, 0.05) is 36.3 Å². The van der Waals surface area contributed by atoms with Crippen LogP contribution in [0.15, 0.2) is 47.3 Å². The molecule has 3 atom stereocenters. The van der Waals surface area contributed by atoms with Crippen LogP contribution in [0.2, 0.25) is 10.0 Å². The van der Waals surface area contributed by atoms with Crippen LogP contribution in [0.5, 0.6) is 0 Å². The molecule has 2 heterocycles. The molecule has 2 amide bonds. The van der Waals surface area contributed by atoms with Gasteiger partial charge in [0.1, 0.15) is 0 Å². The van der Waals surface area contributed by atoms with Crippen LogP contribution in [-0.4, -0.2) is 45.9 Å². The molecule has 10 heteroatoms. The largest absolute Gasteiger partial charge is 0.355 e. The van der Waals surface area contributed by atoms with Crippen molar-refractivity contribution in [3.05, 3.63) is 85.2 Å². The Kier molecular flexibility index (Phi) is 7.20. The van der Waals surface area contributed by atoms with Gasteiger partial charge in [-0.2, -0.15) is 0 Å². The molecule has 3 aromatic rings. The molecule has 1 saturated carbocycles. The van der Waals surface area contributed by atoms with Gasteiger partial charge in [-0.3, -0.25) is 14.4 Å². The van der Waals surface area contributed by atoms with Gasteiger partial charge in [-0.15, -0.1) is 0 Å². The Labute approximate surface area is 231 Å². The summed E-state index contributed by atoms with van der Waals surface area (Å²) in [6.07, 6.45) is 1.50. The van der Waals surface area contributed by atoms with Crippen molar-refractivity contribution in [2.75, 3.05) is 18.9 Å². The number of anilines is 1. The number of fused-ring (bicyclic) bond motifs is 1. The van der Waals surface area contributed by atoms with E-state index in [9.17, 15) is 14.4 Å². The standard InChI is InChI=1S/C28H29Cl2N5O3/c1-15-10-19(15)13-32-28-33-24-14-34(26(37)18-6-9-22(29)23(30)12-18)16(2)11-21(24)27(38)35(28)20-7-4-17(5-8-20)25(36)31-3/h4-9,12,15-16,19H,10-11,13-14H2,1-3H3,(H,31,36)(H,32,33)/t15?,16-,19?/m1/s1. The number of hydrogen-bond donors (Lipinski definition) is 2. The summed E-state index contributed by atoms with van der Waals surface area (Å²) < 4.78 is 1.57. The molecule has 2 aromatic carbocycles. The fourth-order valence-corrected chi connectivity index (χ4v) is 5.19. The number of nitrogens with zero attached hydrogens (tertiary/aromatic N) is 3. The maximum absolute atomic E-state index is 13.9. The molecule has 8 nitrogen and oxygen atoms in total. The van der Waals surface area contributed by atoms with Gasteiger partial charge in [0.05, 0.1) is 28.0 Å². The van der Waals surface area contributed by atoms with Crippen LogP contribution in [0.4, 0.5) is 5.95 Å². The molecule has 38 heavy (non-hydrogen) atoms. The zero-order valence-electron chi connectivity index (χ0n) is 21.4. The lowest BCUT2D eigenvalue weighted by molar-refractivity contribution is 0.0653. The Morgan fingerprint density at radius 2 is 1.74 bits per heavy atom. The van der Waals surface area contributed by atoms with E-state index in [2.05, 4.69) is 17.6 Å². The number of benzene rings is 2. The lowest BCUT2D eigenvalue weighted by Crippen LogP contribution is -2.46. The topological polar surface area (TPSA) is 96.3 Å². The molecule has 2 unspecified atom stereocenters. The average molecular weight is 554 g/mol. The molecule has 0 spiro atoms. The number of halogens is 2. The van der Waals surface area contributed by atoms with Crippen LogP contribution < -0.4 is 16.2 Å². The number of carbonyl (C=O) groups is 2. The predicted octanol–water partition coefficient (Wildman–Crippen LogP) is 4.55. The van der Waals surface area contributed by atoms with Crippen LogP contribution in [0, 0.1) is 11.8 Å². The molecule has 1 aliphatic carbocycles. The van der Waals surface area contributed by atoms with Gasteiger partial charge >= 0.3 is 0 Å². The first-order valence-electron chi connectivity index (χ1n) is 12.6. The minimum atomic E-state index is -0.228. The number of aromatic nitrogens is 2. The first-order valence-corrected chi connectivity index (χ1v) is 13.4. The highest BCUT2D eigenvalue weighted by atomic mass is 35.5. The van der Waals surface area contributed by atoms with Crippen LogP contribution in [0.3, 0.4) is 0 Å². The van der Waals surface area contributed by atoms with Gasteiger partial charge in [0.25, 0.3) is 17.4 Å². The molecule has 1 aromatic heterocycles. The number of carbonyl (C=O) groups excluding carboxylic acids is 2. The Hall–Kier alpha value is -3.36. The Morgan fingerprint density at radius 3 is 2.37 bits per heavy atom. The van der Waals surface area contributed by atoms with Gasteiger partial charge in [-0.25, -0.2) is 9.55 Å². The van der Waals surface area contributed by atoms with E-state index in [1.54, 1.807) is 59.0 Å². The summed E-state index contributed by atoms with van der Waals surface area (Å²) in [5.74, 6) is 1.19. The molecule has 5 rings (SSSR count). The molecule has 0 bridgehead atoms. The molecule has 198 valence electrons. The second-order valence-corrected chi connectivity index (χ2v) is 10.9.